The number of unbranched alkanes of at least 4 members (excludes halogenated alkanes) is 4. The molecule has 5 heteroatoms. The molecule has 1 aromatic rings. The number of hydrogen-bond donors (Lipinski definition) is 1. The van der Waals surface area contributed by atoms with Gasteiger partial charge in [-0.15, -0.1) is 0 Å². The molecule has 0 radical (unpaired) electrons. The second kappa shape index (κ2) is 11.5. The van der Waals surface area contributed by atoms with Gasteiger partial charge in [0.05, 0.1) is 13.2 Å². The van der Waals surface area contributed by atoms with Crippen LogP contribution in [0.5, 0.6) is 5.75 Å². The zero-order valence-electron chi connectivity index (χ0n) is 14.1. The van der Waals surface area contributed by atoms with Crippen LogP contribution in [0.2, 0.25) is 0 Å². The molecule has 1 amide bonds. The number of carbonyl (C=O) groups is 2. The second-order valence-electron chi connectivity index (χ2n) is 5.27. The van der Waals surface area contributed by atoms with Crippen molar-refractivity contribution in [3.63, 3.8) is 0 Å². The third-order valence-corrected chi connectivity index (χ3v) is 3.33. The van der Waals surface area contributed by atoms with Crippen molar-refractivity contribution in [3.8, 4) is 5.75 Å². The highest BCUT2D eigenvalue weighted by molar-refractivity contribution is 5.95. The molecule has 0 saturated carbocycles. The molecule has 0 heterocycles. The molecule has 23 heavy (non-hydrogen) atoms. The van der Waals surface area contributed by atoms with Crippen molar-refractivity contribution in [1.29, 1.82) is 0 Å². The Morgan fingerprint density at radius 1 is 1.00 bits per heavy atom. The molecule has 0 aliphatic carbocycles. The van der Waals surface area contributed by atoms with Gasteiger partial charge in [-0.25, -0.2) is 0 Å². The van der Waals surface area contributed by atoms with E-state index in [4.69, 9.17) is 9.47 Å². The summed E-state index contributed by atoms with van der Waals surface area (Å²) in [6.07, 6.45) is 5.99. The number of rotatable bonds is 11. The van der Waals surface area contributed by atoms with Crippen LogP contribution in [0.4, 0.5) is 0 Å². The summed E-state index contributed by atoms with van der Waals surface area (Å²) in [5.74, 6) is 0.00970. The highest BCUT2D eigenvalue weighted by Gasteiger charge is 2.08. The molecule has 0 aliphatic rings. The largest absolute Gasteiger partial charge is 0.494 e. The van der Waals surface area contributed by atoms with Crippen LogP contribution in [-0.2, 0) is 9.53 Å². The fourth-order valence-corrected chi connectivity index (χ4v) is 2.06. The maximum absolute atomic E-state index is 11.9. The van der Waals surface area contributed by atoms with Crippen molar-refractivity contribution in [2.24, 2.45) is 0 Å². The second-order valence-corrected chi connectivity index (χ2v) is 5.27. The van der Waals surface area contributed by atoms with Crippen LogP contribution in [0.15, 0.2) is 24.3 Å². The molecule has 1 rings (SSSR count). The molecule has 0 spiro atoms. The molecular weight excluding hydrogens is 294 g/mol. The van der Waals surface area contributed by atoms with Crippen molar-refractivity contribution in [2.75, 3.05) is 19.8 Å². The molecule has 5 nitrogen and oxygen atoms in total. The van der Waals surface area contributed by atoms with Gasteiger partial charge in [-0.05, 0) is 37.6 Å². The van der Waals surface area contributed by atoms with Crippen molar-refractivity contribution in [2.45, 2.75) is 46.0 Å². The molecule has 128 valence electrons. The first-order valence-electron chi connectivity index (χ1n) is 8.34. The topological polar surface area (TPSA) is 64.6 Å². The lowest BCUT2D eigenvalue weighted by molar-refractivity contribution is -0.141. The summed E-state index contributed by atoms with van der Waals surface area (Å²) in [7, 11) is 0. The van der Waals surface area contributed by atoms with E-state index >= 15 is 0 Å². The van der Waals surface area contributed by atoms with Crippen LogP contribution < -0.4 is 10.1 Å². The molecule has 0 aromatic heterocycles. The van der Waals surface area contributed by atoms with Gasteiger partial charge in [-0.2, -0.15) is 0 Å². The molecule has 1 aromatic carbocycles. The van der Waals surface area contributed by atoms with E-state index in [2.05, 4.69) is 12.2 Å². The Kier molecular flexibility index (Phi) is 9.52. The van der Waals surface area contributed by atoms with Crippen molar-refractivity contribution >= 4 is 11.9 Å². The zero-order valence-corrected chi connectivity index (χ0v) is 14.1. The number of benzene rings is 1. The number of ether oxygens (including phenoxy) is 2. The number of esters is 1. The van der Waals surface area contributed by atoms with Gasteiger partial charge in [0.2, 0.25) is 0 Å². The minimum Gasteiger partial charge on any atom is -0.494 e. The van der Waals surface area contributed by atoms with E-state index in [1.165, 1.54) is 25.7 Å². The maximum Gasteiger partial charge on any atom is 0.325 e. The van der Waals surface area contributed by atoms with E-state index in [1.807, 2.05) is 0 Å². The van der Waals surface area contributed by atoms with Gasteiger partial charge < -0.3 is 14.8 Å². The highest BCUT2D eigenvalue weighted by Crippen LogP contribution is 2.13. The zero-order chi connectivity index (χ0) is 16.9. The maximum atomic E-state index is 11.9. The Balaban J connectivity index is 2.29. The predicted molar refractivity (Wildman–Crippen MR) is 89.7 cm³/mol. The molecular formula is C18H27NO4. The number of carbonyl (C=O) groups excluding carboxylic acids is 2. The Bertz CT molecular complexity index is 470. The van der Waals surface area contributed by atoms with Gasteiger partial charge in [-0.3, -0.25) is 9.59 Å². The van der Waals surface area contributed by atoms with Crippen LogP contribution in [0.3, 0.4) is 0 Å². The van der Waals surface area contributed by atoms with E-state index in [0.29, 0.717) is 18.8 Å². The lowest BCUT2D eigenvalue weighted by atomic mass is 10.2. The van der Waals surface area contributed by atoms with Crippen LogP contribution in [0.1, 0.15) is 56.3 Å². The summed E-state index contributed by atoms with van der Waals surface area (Å²) >= 11 is 0. The first-order valence-corrected chi connectivity index (χ1v) is 8.34. The smallest absolute Gasteiger partial charge is 0.325 e. The minimum absolute atomic E-state index is 0.122. The van der Waals surface area contributed by atoms with E-state index in [0.717, 1.165) is 12.2 Å². The normalized spacial score (nSPS) is 10.2. The van der Waals surface area contributed by atoms with Gasteiger partial charge >= 0.3 is 5.97 Å². The van der Waals surface area contributed by atoms with E-state index < -0.39 is 5.97 Å². The Hall–Kier alpha value is -2.04. The highest BCUT2D eigenvalue weighted by atomic mass is 16.5. The van der Waals surface area contributed by atoms with Crippen molar-refractivity contribution in [3.05, 3.63) is 29.8 Å². The molecule has 1 N–H and O–H groups in total. The van der Waals surface area contributed by atoms with E-state index in [1.54, 1.807) is 31.2 Å². The average Bonchev–Trinajstić information content (AvgIpc) is 2.56. The fraction of sp³-hybridized carbons (Fsp3) is 0.556. The van der Waals surface area contributed by atoms with Gasteiger partial charge in [-0.1, -0.05) is 32.6 Å². The van der Waals surface area contributed by atoms with Crippen LogP contribution in [0.25, 0.3) is 0 Å². The molecule has 0 aliphatic heterocycles. The number of amides is 1. The Morgan fingerprint density at radius 2 is 1.70 bits per heavy atom. The first kappa shape index (κ1) is 19.0. The summed E-state index contributed by atoms with van der Waals surface area (Å²) in [6, 6.07) is 6.91. The van der Waals surface area contributed by atoms with E-state index in [9.17, 15) is 9.59 Å². The number of hydrogen-bond acceptors (Lipinski definition) is 4. The van der Waals surface area contributed by atoms with Gasteiger partial charge in [0.25, 0.3) is 5.91 Å². The Morgan fingerprint density at radius 3 is 2.35 bits per heavy atom. The summed E-state index contributed by atoms with van der Waals surface area (Å²) in [5, 5.41) is 2.52. The van der Waals surface area contributed by atoms with Crippen molar-refractivity contribution < 1.29 is 19.1 Å². The summed E-state index contributed by atoms with van der Waals surface area (Å²) in [5.41, 5.74) is 0.490. The summed E-state index contributed by atoms with van der Waals surface area (Å²) < 4.78 is 10.4. The Labute approximate surface area is 138 Å². The monoisotopic (exact) mass is 321 g/mol. The molecule has 0 unspecified atom stereocenters. The summed E-state index contributed by atoms with van der Waals surface area (Å²) in [4.78, 5) is 23.1. The SMILES string of the molecule is CCCCCCCOc1ccc(C(=O)NCC(=O)OCC)cc1. The van der Waals surface area contributed by atoms with Crippen LogP contribution in [0, 0.1) is 0 Å². The van der Waals surface area contributed by atoms with E-state index in [-0.39, 0.29) is 12.5 Å². The third kappa shape index (κ3) is 8.24. The lowest BCUT2D eigenvalue weighted by Crippen LogP contribution is -2.30. The van der Waals surface area contributed by atoms with Gasteiger partial charge in [0.15, 0.2) is 0 Å². The van der Waals surface area contributed by atoms with Crippen LogP contribution in [-0.4, -0.2) is 31.6 Å². The summed E-state index contributed by atoms with van der Waals surface area (Å²) in [6.45, 7) is 4.79. The number of nitrogens with one attached hydrogen (secondary N) is 1. The average molecular weight is 321 g/mol. The molecule has 0 atom stereocenters. The third-order valence-electron chi connectivity index (χ3n) is 3.33. The van der Waals surface area contributed by atoms with Crippen LogP contribution >= 0.6 is 0 Å². The van der Waals surface area contributed by atoms with Crippen molar-refractivity contribution in [1.82, 2.24) is 5.32 Å². The molecule has 0 bridgehead atoms. The molecule has 0 fully saturated rings. The fourth-order valence-electron chi connectivity index (χ4n) is 2.06. The standard InChI is InChI=1S/C18H27NO4/c1-3-5-6-7-8-13-23-16-11-9-15(10-12-16)18(21)19-14-17(20)22-4-2/h9-12H,3-8,13-14H2,1-2H3,(H,19,21). The van der Waals surface area contributed by atoms with Gasteiger partial charge in [0, 0.05) is 5.56 Å². The molecule has 0 saturated heterocycles. The van der Waals surface area contributed by atoms with Gasteiger partial charge in [0.1, 0.15) is 12.3 Å². The minimum atomic E-state index is -0.441. The predicted octanol–water partition coefficient (Wildman–Crippen LogP) is 3.33. The lowest BCUT2D eigenvalue weighted by Gasteiger charge is -2.08. The first-order chi connectivity index (χ1) is 11.2. The quantitative estimate of drug-likeness (QED) is 0.501.